The van der Waals surface area contributed by atoms with E-state index in [9.17, 15) is 10.1 Å². The second-order valence-electron chi connectivity index (χ2n) is 3.72. The Morgan fingerprint density at radius 3 is 2.83 bits per heavy atom. The van der Waals surface area contributed by atoms with Crippen molar-refractivity contribution in [1.82, 2.24) is 0 Å². The number of nitrogens with two attached hydrogens (primary N) is 1. The molecule has 1 aromatic carbocycles. The van der Waals surface area contributed by atoms with Crippen LogP contribution >= 0.6 is 0 Å². The number of aryl methyl sites for hydroxylation is 1. The van der Waals surface area contributed by atoms with Gasteiger partial charge in [0.15, 0.2) is 17.7 Å². The van der Waals surface area contributed by atoms with E-state index in [4.69, 9.17) is 15.7 Å². The van der Waals surface area contributed by atoms with Gasteiger partial charge in [0.25, 0.3) is 0 Å². The zero-order chi connectivity index (χ0) is 13.7. The van der Waals surface area contributed by atoms with Gasteiger partial charge in [0.1, 0.15) is 0 Å². The Labute approximate surface area is 104 Å². The summed E-state index contributed by atoms with van der Waals surface area (Å²) in [5, 5.41) is 22.4. The van der Waals surface area contributed by atoms with Crippen molar-refractivity contribution in [3.63, 3.8) is 0 Å². The Kier molecular flexibility index (Phi) is 4.47. The Hall–Kier alpha value is -2.31. The van der Waals surface area contributed by atoms with Crippen molar-refractivity contribution in [3.8, 4) is 5.75 Å². The molecule has 0 fully saturated rings. The summed E-state index contributed by atoms with van der Waals surface area (Å²) < 4.78 is 5.43. The Morgan fingerprint density at radius 1 is 1.67 bits per heavy atom. The molecule has 0 saturated heterocycles. The van der Waals surface area contributed by atoms with Gasteiger partial charge in [0.2, 0.25) is 0 Å². The molecule has 0 saturated carbocycles. The molecule has 0 heterocycles. The number of oxime groups is 1. The summed E-state index contributed by atoms with van der Waals surface area (Å²) in [6.07, 6.45) is -0.267. The first-order valence-corrected chi connectivity index (χ1v) is 5.39. The number of ether oxygens (including phenoxy) is 1. The molecular weight excluding hydrogens is 238 g/mol. The number of rotatable bonds is 5. The second-order valence-corrected chi connectivity index (χ2v) is 3.72. The highest BCUT2D eigenvalue weighted by Gasteiger charge is 2.22. The highest BCUT2D eigenvalue weighted by Crippen LogP contribution is 2.31. The molecule has 0 radical (unpaired) electrons. The van der Waals surface area contributed by atoms with Gasteiger partial charge < -0.3 is 15.7 Å². The number of benzene rings is 1. The van der Waals surface area contributed by atoms with Crippen LogP contribution in [-0.2, 0) is 0 Å². The summed E-state index contributed by atoms with van der Waals surface area (Å²) in [4.78, 5) is 10.5. The third kappa shape index (κ3) is 2.88. The fraction of sp³-hybridized carbons (Fsp3) is 0.364. The van der Waals surface area contributed by atoms with E-state index in [1.165, 1.54) is 6.07 Å². The van der Waals surface area contributed by atoms with E-state index in [1.807, 2.05) is 0 Å². The van der Waals surface area contributed by atoms with Gasteiger partial charge in [-0.15, -0.1) is 0 Å². The van der Waals surface area contributed by atoms with Crippen LogP contribution in [0.3, 0.4) is 0 Å². The van der Waals surface area contributed by atoms with Gasteiger partial charge in [-0.05, 0) is 19.4 Å². The maximum Gasteiger partial charge on any atom is 0.313 e. The summed E-state index contributed by atoms with van der Waals surface area (Å²) in [5.74, 6) is -0.00764. The quantitative estimate of drug-likeness (QED) is 0.273. The number of para-hydroxylation sites is 1. The first-order chi connectivity index (χ1) is 8.51. The van der Waals surface area contributed by atoms with Crippen molar-refractivity contribution in [2.24, 2.45) is 10.9 Å². The smallest absolute Gasteiger partial charge is 0.313 e. The van der Waals surface area contributed by atoms with Crippen LogP contribution in [0.4, 0.5) is 5.69 Å². The molecule has 0 spiro atoms. The van der Waals surface area contributed by atoms with E-state index < -0.39 is 11.0 Å². The first kappa shape index (κ1) is 13.8. The van der Waals surface area contributed by atoms with Crippen molar-refractivity contribution < 1.29 is 14.9 Å². The van der Waals surface area contributed by atoms with Crippen LogP contribution in [0.1, 0.15) is 18.9 Å². The largest absolute Gasteiger partial charge is 0.475 e. The SMILES string of the molecule is CCC(Oc1cccc(C)c1[N+](=O)[O-])C(N)=NO. The number of nitro benzene ring substituents is 1. The van der Waals surface area contributed by atoms with E-state index in [1.54, 1.807) is 26.0 Å². The second kappa shape index (κ2) is 5.85. The van der Waals surface area contributed by atoms with Crippen LogP contribution < -0.4 is 10.5 Å². The van der Waals surface area contributed by atoms with Crippen LogP contribution in [0, 0.1) is 17.0 Å². The monoisotopic (exact) mass is 253 g/mol. The lowest BCUT2D eigenvalue weighted by atomic mass is 10.2. The molecule has 7 nitrogen and oxygen atoms in total. The maximum absolute atomic E-state index is 11.0. The van der Waals surface area contributed by atoms with Gasteiger partial charge in [0, 0.05) is 5.56 Å². The average molecular weight is 253 g/mol. The van der Waals surface area contributed by atoms with E-state index in [0.29, 0.717) is 12.0 Å². The zero-order valence-electron chi connectivity index (χ0n) is 10.2. The topological polar surface area (TPSA) is 111 Å². The molecule has 0 aromatic heterocycles. The number of amidine groups is 1. The first-order valence-electron chi connectivity index (χ1n) is 5.39. The third-order valence-corrected chi connectivity index (χ3v) is 2.47. The van der Waals surface area contributed by atoms with E-state index >= 15 is 0 Å². The summed E-state index contributed by atoms with van der Waals surface area (Å²) in [7, 11) is 0. The van der Waals surface area contributed by atoms with Crippen molar-refractivity contribution in [2.45, 2.75) is 26.4 Å². The van der Waals surface area contributed by atoms with Crippen LogP contribution in [-0.4, -0.2) is 22.1 Å². The van der Waals surface area contributed by atoms with Crippen LogP contribution in [0.5, 0.6) is 5.75 Å². The van der Waals surface area contributed by atoms with Gasteiger partial charge in [-0.2, -0.15) is 0 Å². The molecule has 0 aliphatic rings. The number of hydrogen-bond acceptors (Lipinski definition) is 5. The number of hydrogen-bond donors (Lipinski definition) is 2. The lowest BCUT2D eigenvalue weighted by Crippen LogP contribution is -2.33. The predicted molar refractivity (Wildman–Crippen MR) is 65.9 cm³/mol. The minimum atomic E-state index is -0.699. The molecule has 0 aliphatic carbocycles. The molecule has 1 aromatic rings. The van der Waals surface area contributed by atoms with Crippen LogP contribution in [0.25, 0.3) is 0 Å². The molecule has 3 N–H and O–H groups in total. The highest BCUT2D eigenvalue weighted by molar-refractivity contribution is 5.84. The van der Waals surface area contributed by atoms with Gasteiger partial charge in [-0.3, -0.25) is 10.1 Å². The van der Waals surface area contributed by atoms with Crippen LogP contribution in [0.15, 0.2) is 23.4 Å². The van der Waals surface area contributed by atoms with Crippen molar-refractivity contribution in [2.75, 3.05) is 0 Å². The van der Waals surface area contributed by atoms with E-state index in [2.05, 4.69) is 5.16 Å². The normalized spacial score (nSPS) is 13.1. The molecule has 98 valence electrons. The predicted octanol–water partition coefficient (Wildman–Crippen LogP) is 1.81. The Bertz CT molecular complexity index is 473. The van der Waals surface area contributed by atoms with Crippen molar-refractivity contribution >= 4 is 11.5 Å². The van der Waals surface area contributed by atoms with Crippen LogP contribution in [0.2, 0.25) is 0 Å². The fourth-order valence-corrected chi connectivity index (χ4v) is 1.53. The summed E-state index contributed by atoms with van der Waals surface area (Å²) in [6, 6.07) is 4.75. The summed E-state index contributed by atoms with van der Waals surface area (Å²) >= 11 is 0. The Balaban J connectivity index is 3.11. The average Bonchev–Trinajstić information content (AvgIpc) is 2.34. The molecule has 0 amide bonds. The molecular formula is C11H15N3O4. The molecule has 1 rings (SSSR count). The Morgan fingerprint density at radius 2 is 2.33 bits per heavy atom. The van der Waals surface area contributed by atoms with Gasteiger partial charge in [-0.25, -0.2) is 0 Å². The zero-order valence-corrected chi connectivity index (χ0v) is 10.2. The lowest BCUT2D eigenvalue weighted by Gasteiger charge is -2.16. The minimum Gasteiger partial charge on any atom is -0.475 e. The van der Waals surface area contributed by atoms with Gasteiger partial charge >= 0.3 is 5.69 Å². The molecule has 0 bridgehead atoms. The van der Waals surface area contributed by atoms with E-state index in [-0.39, 0.29) is 17.3 Å². The lowest BCUT2D eigenvalue weighted by molar-refractivity contribution is -0.386. The van der Waals surface area contributed by atoms with Gasteiger partial charge in [-0.1, -0.05) is 24.2 Å². The van der Waals surface area contributed by atoms with Crippen molar-refractivity contribution in [3.05, 3.63) is 33.9 Å². The standard InChI is InChI=1S/C11H15N3O4/c1-3-8(11(12)13-15)18-9-6-4-5-7(2)10(9)14(16)17/h4-6,8,15H,3H2,1-2H3,(H2,12,13). The van der Waals surface area contributed by atoms with Gasteiger partial charge in [0.05, 0.1) is 4.92 Å². The third-order valence-electron chi connectivity index (χ3n) is 2.47. The summed E-state index contributed by atoms with van der Waals surface area (Å²) in [6.45, 7) is 3.39. The molecule has 18 heavy (non-hydrogen) atoms. The van der Waals surface area contributed by atoms with Crippen molar-refractivity contribution in [1.29, 1.82) is 0 Å². The number of nitrogens with zero attached hydrogens (tertiary/aromatic N) is 2. The number of nitro groups is 1. The summed E-state index contributed by atoms with van der Waals surface area (Å²) in [5.41, 5.74) is 5.83. The molecule has 7 heteroatoms. The van der Waals surface area contributed by atoms with E-state index in [0.717, 1.165) is 0 Å². The molecule has 0 aliphatic heterocycles. The molecule has 1 unspecified atom stereocenters. The maximum atomic E-state index is 11.0. The minimum absolute atomic E-state index is 0.110. The molecule has 1 atom stereocenters. The highest BCUT2D eigenvalue weighted by atomic mass is 16.6. The fourth-order valence-electron chi connectivity index (χ4n) is 1.53.